The normalized spacial score (nSPS) is 11.2. The van der Waals surface area contributed by atoms with Gasteiger partial charge in [-0.1, -0.05) is 0 Å². The van der Waals surface area contributed by atoms with Gasteiger partial charge in [0.15, 0.2) is 0 Å². The van der Waals surface area contributed by atoms with Gasteiger partial charge in [0, 0.05) is 0 Å². The summed E-state index contributed by atoms with van der Waals surface area (Å²) in [4.78, 5) is 10.7. The Morgan fingerprint density at radius 2 is 2.06 bits per heavy atom. The van der Waals surface area contributed by atoms with Crippen LogP contribution in [0.15, 0.2) is 21.5 Å². The van der Waals surface area contributed by atoms with Crippen LogP contribution in [-0.2, 0) is 14.8 Å². The molecule has 1 aromatic carbocycles. The van der Waals surface area contributed by atoms with Crippen LogP contribution in [0.2, 0.25) is 0 Å². The molecular formula is C8H7BrFNO4S. The molecule has 0 spiro atoms. The maximum absolute atomic E-state index is 13.1. The second-order valence-electron chi connectivity index (χ2n) is 2.80. The van der Waals surface area contributed by atoms with Crippen LogP contribution in [0.3, 0.4) is 0 Å². The molecular weight excluding hydrogens is 305 g/mol. The van der Waals surface area contributed by atoms with Crippen LogP contribution in [0, 0.1) is 5.82 Å². The number of esters is 1. The third-order valence-electron chi connectivity index (χ3n) is 1.72. The first kappa shape index (κ1) is 13.1. The van der Waals surface area contributed by atoms with E-state index < -0.39 is 26.7 Å². The quantitative estimate of drug-likeness (QED) is 0.826. The molecule has 0 aliphatic carbocycles. The number of methoxy groups -OCH3 is 1. The second-order valence-corrected chi connectivity index (χ2v) is 5.12. The first-order chi connectivity index (χ1) is 7.27. The van der Waals surface area contributed by atoms with E-state index >= 15 is 0 Å². The highest BCUT2D eigenvalue weighted by molar-refractivity contribution is 9.10. The van der Waals surface area contributed by atoms with Gasteiger partial charge in [-0.3, -0.25) is 0 Å². The Kier molecular flexibility index (Phi) is 3.66. The lowest BCUT2D eigenvalue weighted by Crippen LogP contribution is -2.15. The lowest BCUT2D eigenvalue weighted by Gasteiger charge is -2.07. The Labute approximate surface area is 99.6 Å². The molecule has 0 atom stereocenters. The fraction of sp³-hybridized carbons (Fsp3) is 0.125. The molecule has 0 radical (unpaired) electrons. The van der Waals surface area contributed by atoms with Gasteiger partial charge in [0.05, 0.1) is 22.0 Å². The maximum atomic E-state index is 13.1. The van der Waals surface area contributed by atoms with Crippen LogP contribution in [0.25, 0.3) is 0 Å². The molecule has 0 aliphatic rings. The lowest BCUT2D eigenvalue weighted by atomic mass is 10.2. The summed E-state index contributed by atoms with van der Waals surface area (Å²) in [7, 11) is -3.02. The van der Waals surface area contributed by atoms with Crippen LogP contribution < -0.4 is 5.14 Å². The molecule has 0 aliphatic heterocycles. The van der Waals surface area contributed by atoms with Crippen LogP contribution in [-0.4, -0.2) is 21.5 Å². The average molecular weight is 312 g/mol. The molecule has 0 heterocycles. The standard InChI is InChI=1S/C8H7BrFNO4S/c1-15-8(12)5-2-4(10)3-6(7(5)9)16(11,13)14/h2-3H,1H3,(H2,11,13,14). The van der Waals surface area contributed by atoms with Gasteiger partial charge >= 0.3 is 5.97 Å². The van der Waals surface area contributed by atoms with E-state index in [0.717, 1.165) is 13.2 Å². The third-order valence-corrected chi connectivity index (χ3v) is 3.77. The van der Waals surface area contributed by atoms with Crippen LogP contribution in [0.1, 0.15) is 10.4 Å². The van der Waals surface area contributed by atoms with Gasteiger partial charge < -0.3 is 4.74 Å². The van der Waals surface area contributed by atoms with Crippen molar-refractivity contribution in [2.45, 2.75) is 4.90 Å². The summed E-state index contributed by atoms with van der Waals surface area (Å²) in [6.45, 7) is 0. The number of rotatable bonds is 2. The minimum atomic E-state index is -4.11. The number of benzene rings is 1. The number of carbonyl (C=O) groups excluding carboxylic acids is 1. The number of hydrogen-bond donors (Lipinski definition) is 1. The molecule has 5 nitrogen and oxygen atoms in total. The Hall–Kier alpha value is -0.990. The SMILES string of the molecule is COC(=O)c1cc(F)cc(S(N)(=O)=O)c1Br. The minimum absolute atomic E-state index is 0.122. The highest BCUT2D eigenvalue weighted by atomic mass is 79.9. The molecule has 0 bridgehead atoms. The number of nitrogens with two attached hydrogens (primary N) is 1. The fourth-order valence-corrected chi connectivity index (χ4v) is 2.73. The zero-order chi connectivity index (χ0) is 12.5. The molecule has 16 heavy (non-hydrogen) atoms. The molecule has 1 rings (SSSR count). The molecule has 0 saturated carbocycles. The van der Waals surface area contributed by atoms with Crippen molar-refractivity contribution in [3.8, 4) is 0 Å². The highest BCUT2D eigenvalue weighted by Crippen LogP contribution is 2.27. The van der Waals surface area contributed by atoms with Crippen molar-refractivity contribution in [1.82, 2.24) is 0 Å². The molecule has 0 saturated heterocycles. The summed E-state index contributed by atoms with van der Waals surface area (Å²) in [5.74, 6) is -1.76. The van der Waals surface area contributed by atoms with E-state index in [1.165, 1.54) is 0 Å². The van der Waals surface area contributed by atoms with Crippen molar-refractivity contribution in [3.05, 3.63) is 28.0 Å². The smallest absolute Gasteiger partial charge is 0.339 e. The molecule has 88 valence electrons. The Morgan fingerprint density at radius 1 is 1.50 bits per heavy atom. The van der Waals surface area contributed by atoms with Crippen LogP contribution >= 0.6 is 15.9 Å². The largest absolute Gasteiger partial charge is 0.465 e. The van der Waals surface area contributed by atoms with E-state index in [2.05, 4.69) is 20.7 Å². The summed E-state index contributed by atoms with van der Waals surface area (Å²) < 4.78 is 39.5. The topological polar surface area (TPSA) is 86.5 Å². The molecule has 8 heteroatoms. The lowest BCUT2D eigenvalue weighted by molar-refractivity contribution is 0.0598. The molecule has 0 fully saturated rings. The Morgan fingerprint density at radius 3 is 2.50 bits per heavy atom. The van der Waals surface area contributed by atoms with Gasteiger partial charge in [-0.2, -0.15) is 0 Å². The number of carbonyl (C=O) groups is 1. The van der Waals surface area contributed by atoms with Gasteiger partial charge in [0.25, 0.3) is 0 Å². The summed E-state index contributed by atoms with van der Waals surface area (Å²) in [5, 5.41) is 4.86. The summed E-state index contributed by atoms with van der Waals surface area (Å²) >= 11 is 2.87. The number of hydrogen-bond acceptors (Lipinski definition) is 4. The molecule has 0 aromatic heterocycles. The van der Waals surface area contributed by atoms with Gasteiger partial charge in [-0.15, -0.1) is 0 Å². The van der Waals surface area contributed by atoms with Gasteiger partial charge in [0.1, 0.15) is 5.82 Å². The van der Waals surface area contributed by atoms with E-state index in [4.69, 9.17) is 5.14 Å². The number of primary sulfonamides is 1. The van der Waals surface area contributed by atoms with E-state index in [-0.39, 0.29) is 10.0 Å². The van der Waals surface area contributed by atoms with E-state index in [0.29, 0.717) is 6.07 Å². The van der Waals surface area contributed by atoms with E-state index in [1.54, 1.807) is 0 Å². The van der Waals surface area contributed by atoms with Gasteiger partial charge in [-0.25, -0.2) is 22.7 Å². The van der Waals surface area contributed by atoms with Crippen molar-refractivity contribution >= 4 is 31.9 Å². The monoisotopic (exact) mass is 311 g/mol. The number of ether oxygens (including phenoxy) is 1. The molecule has 2 N–H and O–H groups in total. The molecule has 1 aromatic rings. The summed E-state index contributed by atoms with van der Waals surface area (Å²) in [6, 6.07) is 1.57. The van der Waals surface area contributed by atoms with Crippen molar-refractivity contribution in [2.75, 3.05) is 7.11 Å². The predicted molar refractivity (Wildman–Crippen MR) is 56.8 cm³/mol. The van der Waals surface area contributed by atoms with Crippen molar-refractivity contribution in [3.63, 3.8) is 0 Å². The second kappa shape index (κ2) is 4.48. The third kappa shape index (κ3) is 2.57. The van der Waals surface area contributed by atoms with Gasteiger partial charge in [-0.05, 0) is 28.1 Å². The van der Waals surface area contributed by atoms with Crippen LogP contribution in [0.5, 0.6) is 0 Å². The number of sulfonamides is 1. The maximum Gasteiger partial charge on any atom is 0.339 e. The minimum Gasteiger partial charge on any atom is -0.465 e. The van der Waals surface area contributed by atoms with E-state index in [9.17, 15) is 17.6 Å². The Balaban J connectivity index is 3.56. The van der Waals surface area contributed by atoms with Gasteiger partial charge in [0.2, 0.25) is 10.0 Å². The van der Waals surface area contributed by atoms with Crippen molar-refractivity contribution in [1.29, 1.82) is 0 Å². The zero-order valence-corrected chi connectivity index (χ0v) is 10.4. The van der Waals surface area contributed by atoms with Crippen molar-refractivity contribution in [2.24, 2.45) is 5.14 Å². The summed E-state index contributed by atoms with van der Waals surface area (Å²) in [5.41, 5.74) is -0.244. The summed E-state index contributed by atoms with van der Waals surface area (Å²) in [6.07, 6.45) is 0. The van der Waals surface area contributed by atoms with Crippen molar-refractivity contribution < 1.29 is 22.3 Å². The van der Waals surface area contributed by atoms with Crippen LogP contribution in [0.4, 0.5) is 4.39 Å². The predicted octanol–water partition coefficient (Wildman–Crippen LogP) is 1.02. The fourth-order valence-electron chi connectivity index (χ4n) is 1.03. The number of halogens is 2. The first-order valence-corrected chi connectivity index (χ1v) is 6.21. The average Bonchev–Trinajstić information content (AvgIpc) is 2.18. The Bertz CT molecular complexity index is 543. The molecule has 0 unspecified atom stereocenters. The highest BCUT2D eigenvalue weighted by Gasteiger charge is 2.21. The first-order valence-electron chi connectivity index (χ1n) is 3.87. The van der Waals surface area contributed by atoms with E-state index in [1.807, 2.05) is 0 Å². The zero-order valence-electron chi connectivity index (χ0n) is 8.03. The molecule has 0 amide bonds.